The van der Waals surface area contributed by atoms with Crippen LogP contribution in [0.2, 0.25) is 30.1 Å². The molecule has 2 aromatic rings. The maximum absolute atomic E-state index is 5.67. The largest absolute Gasteiger partial charge is 0.0810 e. The van der Waals surface area contributed by atoms with Gasteiger partial charge < -0.3 is 0 Å². The lowest BCUT2D eigenvalue weighted by atomic mass is 10.3. The monoisotopic (exact) mass is 827 g/mol. The molecular formula is C12Br6Cl6. The molecule has 0 unspecified atom stereocenters. The highest BCUT2D eigenvalue weighted by Gasteiger charge is 2.17. The Morgan fingerprint density at radius 3 is 0.458 bits per heavy atom. The quantitative estimate of drug-likeness (QED) is 0.183. The fraction of sp³-hybridized carbons (Fsp3) is 0. The summed E-state index contributed by atoms with van der Waals surface area (Å²) in [5.41, 5.74) is 0. The van der Waals surface area contributed by atoms with Crippen LogP contribution < -0.4 is 0 Å². The third kappa shape index (κ3) is 5.56. The summed E-state index contributed by atoms with van der Waals surface area (Å²) < 4.78 is 5.86. The normalized spacial score (nSPS) is 10.5. The number of halogens is 12. The maximum Gasteiger partial charge on any atom is 0.0810 e. The Bertz CT molecular complexity index is 532. The number of benzene rings is 2. The summed E-state index contributed by atoms with van der Waals surface area (Å²) in [6, 6.07) is 0. The van der Waals surface area contributed by atoms with E-state index in [2.05, 4.69) is 95.6 Å². The third-order valence-electron chi connectivity index (χ3n) is 2.31. The second-order valence-electron chi connectivity index (χ2n) is 3.77. The molecule has 0 bridgehead atoms. The van der Waals surface area contributed by atoms with Gasteiger partial charge in [0.2, 0.25) is 0 Å². The van der Waals surface area contributed by atoms with Crippen molar-refractivity contribution < 1.29 is 0 Å². The lowest BCUT2D eigenvalue weighted by Gasteiger charge is -2.08. The van der Waals surface area contributed by atoms with Crippen molar-refractivity contribution >= 4 is 165 Å². The van der Waals surface area contributed by atoms with Crippen LogP contribution in [0.5, 0.6) is 0 Å². The lowest BCUT2D eigenvalue weighted by molar-refractivity contribution is 1.42. The minimum atomic E-state index is 0.109. The smallest absolute Gasteiger partial charge is 0.0810 e. The van der Waals surface area contributed by atoms with Crippen molar-refractivity contribution in [2.24, 2.45) is 0 Å². The fourth-order valence-corrected chi connectivity index (χ4v) is 6.56. The van der Waals surface area contributed by atoms with Crippen molar-refractivity contribution in [1.82, 2.24) is 0 Å². The van der Waals surface area contributed by atoms with Crippen molar-refractivity contribution in [2.45, 2.75) is 0 Å². The van der Waals surface area contributed by atoms with Gasteiger partial charge in [0.1, 0.15) is 0 Å². The average Bonchev–Trinajstić information content (AvgIpc) is 2.58. The van der Waals surface area contributed by atoms with E-state index in [9.17, 15) is 0 Å². The Balaban J connectivity index is 0.000000240. The van der Waals surface area contributed by atoms with Crippen molar-refractivity contribution in [3.63, 3.8) is 0 Å². The predicted octanol–water partition coefficient (Wildman–Crippen LogP) is 11.9. The van der Waals surface area contributed by atoms with Gasteiger partial charge in [-0.3, -0.25) is 0 Å². The molecule has 0 N–H and O–H groups in total. The van der Waals surface area contributed by atoms with Gasteiger partial charge in [-0.1, -0.05) is 69.6 Å². The zero-order chi connectivity index (χ0) is 18.9. The highest BCUT2D eigenvalue weighted by molar-refractivity contribution is 9.16. The van der Waals surface area contributed by atoms with Gasteiger partial charge in [-0.05, 0) is 95.6 Å². The van der Waals surface area contributed by atoms with Crippen LogP contribution in [-0.2, 0) is 0 Å². The molecule has 0 aromatic heterocycles. The topological polar surface area (TPSA) is 0 Å². The number of hydrogen-bond acceptors (Lipinski definition) is 0. The van der Waals surface area contributed by atoms with Gasteiger partial charge in [0.05, 0.1) is 30.1 Å². The van der Waals surface area contributed by atoms with E-state index in [1.165, 1.54) is 0 Å². The van der Waals surface area contributed by atoms with Gasteiger partial charge >= 0.3 is 0 Å². The molecule has 2 rings (SSSR count). The van der Waals surface area contributed by atoms with Gasteiger partial charge in [-0.15, -0.1) is 0 Å². The van der Waals surface area contributed by atoms with Crippen LogP contribution in [0.4, 0.5) is 0 Å². The fourth-order valence-electron chi connectivity index (χ4n) is 1.16. The molecule has 0 nitrogen and oxygen atoms in total. The zero-order valence-electron chi connectivity index (χ0n) is 10.5. The van der Waals surface area contributed by atoms with E-state index in [1.807, 2.05) is 0 Å². The van der Waals surface area contributed by atoms with Crippen LogP contribution in [0.3, 0.4) is 0 Å². The van der Waals surface area contributed by atoms with E-state index in [0.29, 0.717) is 0 Å². The van der Waals surface area contributed by atoms with Gasteiger partial charge in [0.15, 0.2) is 0 Å². The third-order valence-corrected chi connectivity index (χ3v) is 13.1. The summed E-state index contributed by atoms with van der Waals surface area (Å²) in [5, 5.41) is 0.654. The minimum absolute atomic E-state index is 0.109. The highest BCUT2D eigenvalue weighted by atomic mass is 79.9. The molecule has 0 fully saturated rings. The maximum atomic E-state index is 5.67. The Labute approximate surface area is 219 Å². The molecule has 0 saturated heterocycles. The Morgan fingerprint density at radius 1 is 0.292 bits per heavy atom. The summed E-state index contributed by atoms with van der Waals surface area (Å²) in [7, 11) is 0. The van der Waals surface area contributed by atoms with Crippen LogP contribution in [0.15, 0.2) is 26.8 Å². The summed E-state index contributed by atoms with van der Waals surface area (Å²) in [6.07, 6.45) is 0. The van der Waals surface area contributed by atoms with Gasteiger partial charge in [0, 0.05) is 26.8 Å². The van der Waals surface area contributed by atoms with E-state index >= 15 is 0 Å². The molecule has 0 aliphatic heterocycles. The second kappa shape index (κ2) is 10.7. The Morgan fingerprint density at radius 2 is 0.375 bits per heavy atom. The molecule has 0 radical (unpaired) electrons. The summed E-state index contributed by atoms with van der Waals surface area (Å²) >= 11 is 54.7. The number of hydrogen-bond donors (Lipinski definition) is 0. The first-order valence-corrected chi connectivity index (χ1v) is 12.3. The molecule has 0 heterocycles. The van der Waals surface area contributed by atoms with E-state index in [4.69, 9.17) is 69.6 Å². The second-order valence-corrected chi connectivity index (χ2v) is 10.8. The Hall–Kier alpha value is 3.06. The molecule has 0 saturated carbocycles. The molecule has 0 spiro atoms. The van der Waals surface area contributed by atoms with Crippen LogP contribution in [0.1, 0.15) is 0 Å². The molecule has 0 aliphatic rings. The van der Waals surface area contributed by atoms with Gasteiger partial charge in [0.25, 0.3) is 0 Å². The summed E-state index contributed by atoms with van der Waals surface area (Å²) in [6.45, 7) is 0. The molecule has 24 heavy (non-hydrogen) atoms. The van der Waals surface area contributed by atoms with Crippen molar-refractivity contribution in [1.29, 1.82) is 0 Å². The Kier molecular flexibility index (Phi) is 11.2. The first kappa shape index (κ1) is 25.1. The van der Waals surface area contributed by atoms with E-state index < -0.39 is 0 Å². The summed E-state index contributed by atoms with van der Waals surface area (Å²) in [5.74, 6) is 0. The van der Waals surface area contributed by atoms with Crippen LogP contribution in [-0.4, -0.2) is 0 Å². The first-order valence-electron chi connectivity index (χ1n) is 5.27. The standard InChI is InChI=1S/C6Br6.C6Cl6/c2*7-1-2(8)4(10)6(12)5(11)3(1)9. The molecule has 132 valence electrons. The SMILES string of the molecule is Brc1c(Br)c(Br)c(Br)c(Br)c1Br.Clc1c(Cl)c(Cl)c(Cl)c(Cl)c1Cl. The van der Waals surface area contributed by atoms with Crippen molar-refractivity contribution in [3.05, 3.63) is 57.0 Å². The van der Waals surface area contributed by atoms with Gasteiger partial charge in [-0.25, -0.2) is 0 Å². The van der Waals surface area contributed by atoms with Crippen molar-refractivity contribution in [2.75, 3.05) is 0 Å². The molecular weight excluding hydrogens is 836 g/mol. The zero-order valence-corrected chi connectivity index (χ0v) is 24.6. The average molecular weight is 836 g/mol. The lowest BCUT2D eigenvalue weighted by Crippen LogP contribution is -1.81. The molecule has 0 aliphatic carbocycles. The number of rotatable bonds is 0. The molecule has 2 aromatic carbocycles. The van der Waals surface area contributed by atoms with Crippen LogP contribution in [0.25, 0.3) is 0 Å². The minimum Gasteiger partial charge on any atom is -0.0810 e. The first-order chi connectivity index (χ1) is 10.9. The predicted molar refractivity (Wildman–Crippen MR) is 129 cm³/mol. The van der Waals surface area contributed by atoms with E-state index in [-0.39, 0.29) is 30.1 Å². The van der Waals surface area contributed by atoms with Crippen molar-refractivity contribution in [3.8, 4) is 0 Å². The molecule has 0 amide bonds. The van der Waals surface area contributed by atoms with Crippen LogP contribution >= 0.6 is 165 Å². The highest BCUT2D eigenvalue weighted by Crippen LogP contribution is 2.47. The van der Waals surface area contributed by atoms with E-state index in [1.54, 1.807) is 0 Å². The molecule has 0 atom stereocenters. The summed E-state index contributed by atoms with van der Waals surface area (Å²) in [4.78, 5) is 0. The van der Waals surface area contributed by atoms with Crippen LogP contribution in [0, 0.1) is 0 Å². The van der Waals surface area contributed by atoms with Gasteiger partial charge in [-0.2, -0.15) is 0 Å². The van der Waals surface area contributed by atoms with E-state index in [0.717, 1.165) is 26.8 Å². The molecule has 12 heteroatoms.